The van der Waals surface area contributed by atoms with Gasteiger partial charge in [0, 0.05) is 5.69 Å². The highest BCUT2D eigenvalue weighted by Gasteiger charge is 2.49. The van der Waals surface area contributed by atoms with E-state index >= 15 is 0 Å². The number of carbonyl (C=O) groups excluding carboxylic acids is 3. The molecule has 0 unspecified atom stereocenters. The molecule has 1 aliphatic heterocycles. The fourth-order valence-electron chi connectivity index (χ4n) is 4.21. The van der Waals surface area contributed by atoms with E-state index in [4.69, 9.17) is 0 Å². The molecular weight excluding hydrogens is 378 g/mol. The molecule has 1 heterocycles. The molecule has 6 heteroatoms. The van der Waals surface area contributed by atoms with Crippen LogP contribution in [0.3, 0.4) is 0 Å². The molecule has 0 bridgehead atoms. The van der Waals surface area contributed by atoms with Crippen molar-refractivity contribution >= 4 is 23.5 Å². The van der Waals surface area contributed by atoms with Gasteiger partial charge in [0.25, 0.3) is 5.91 Å². The van der Waals surface area contributed by atoms with Gasteiger partial charge in [-0.15, -0.1) is 0 Å². The molecule has 2 N–H and O–H groups in total. The molecule has 0 spiro atoms. The average molecular weight is 405 g/mol. The lowest BCUT2D eigenvalue weighted by atomic mass is 9.89. The van der Waals surface area contributed by atoms with Crippen LogP contribution in [-0.2, 0) is 28.0 Å². The molecule has 0 radical (unpaired) electrons. The predicted octanol–water partition coefficient (Wildman–Crippen LogP) is 3.70. The predicted molar refractivity (Wildman–Crippen MR) is 115 cm³/mol. The van der Waals surface area contributed by atoms with Crippen LogP contribution in [0.1, 0.15) is 55.4 Å². The maximum atomic E-state index is 13.1. The zero-order chi connectivity index (χ0) is 21.5. The van der Waals surface area contributed by atoms with E-state index in [2.05, 4.69) is 24.5 Å². The van der Waals surface area contributed by atoms with Gasteiger partial charge < -0.3 is 10.6 Å². The number of rotatable bonds is 5. The summed E-state index contributed by atoms with van der Waals surface area (Å²) in [5.41, 5.74) is 3.95. The van der Waals surface area contributed by atoms with Gasteiger partial charge in [0.15, 0.2) is 0 Å². The molecule has 6 nitrogen and oxygen atoms in total. The normalized spacial score (nSPS) is 20.5. The number of aryl methyl sites for hydroxylation is 2. The second-order valence-electron chi connectivity index (χ2n) is 8.61. The number of hydrogen-bond donors (Lipinski definition) is 2. The average Bonchev–Trinajstić information content (AvgIpc) is 3.27. The van der Waals surface area contributed by atoms with Crippen LogP contribution in [0.4, 0.5) is 10.5 Å². The second-order valence-corrected chi connectivity index (χ2v) is 8.61. The van der Waals surface area contributed by atoms with E-state index in [0.29, 0.717) is 11.6 Å². The molecule has 4 rings (SSSR count). The molecule has 1 aliphatic carbocycles. The van der Waals surface area contributed by atoms with E-state index in [-0.39, 0.29) is 6.54 Å². The van der Waals surface area contributed by atoms with Gasteiger partial charge in [0.05, 0.1) is 0 Å². The van der Waals surface area contributed by atoms with Crippen LogP contribution < -0.4 is 10.6 Å². The third-order valence-corrected chi connectivity index (χ3v) is 6.11. The number of carbonyl (C=O) groups is 3. The molecule has 1 atom stereocenters. The van der Waals surface area contributed by atoms with Crippen LogP contribution in [0.2, 0.25) is 0 Å². The van der Waals surface area contributed by atoms with Crippen LogP contribution >= 0.6 is 0 Å². The van der Waals surface area contributed by atoms with Crippen molar-refractivity contribution < 1.29 is 14.4 Å². The first-order chi connectivity index (χ1) is 14.3. The molecule has 0 saturated carbocycles. The lowest BCUT2D eigenvalue weighted by molar-refractivity contribution is -0.133. The lowest BCUT2D eigenvalue weighted by Gasteiger charge is -2.23. The first kappa shape index (κ1) is 20.1. The third kappa shape index (κ3) is 3.58. The first-order valence-corrected chi connectivity index (χ1v) is 10.4. The van der Waals surface area contributed by atoms with Crippen molar-refractivity contribution in [3.8, 4) is 0 Å². The van der Waals surface area contributed by atoms with E-state index in [9.17, 15) is 14.4 Å². The van der Waals surface area contributed by atoms with Crippen LogP contribution in [0.25, 0.3) is 0 Å². The van der Waals surface area contributed by atoms with Crippen molar-refractivity contribution in [3.63, 3.8) is 0 Å². The largest absolute Gasteiger partial charge is 0.325 e. The van der Waals surface area contributed by atoms with Crippen molar-refractivity contribution in [2.24, 2.45) is 0 Å². The molecule has 2 aromatic rings. The molecule has 1 fully saturated rings. The number of anilines is 1. The fourth-order valence-corrected chi connectivity index (χ4v) is 4.21. The molecule has 1 saturated heterocycles. The number of fused-ring (bicyclic) bond motifs is 1. The van der Waals surface area contributed by atoms with Gasteiger partial charge in [-0.1, -0.05) is 44.2 Å². The Hall–Kier alpha value is -3.15. The van der Waals surface area contributed by atoms with Gasteiger partial charge in [-0.05, 0) is 66.5 Å². The third-order valence-electron chi connectivity index (χ3n) is 6.11. The topological polar surface area (TPSA) is 78.5 Å². The summed E-state index contributed by atoms with van der Waals surface area (Å²) < 4.78 is 0. The summed E-state index contributed by atoms with van der Waals surface area (Å²) in [5, 5.41) is 5.55. The van der Waals surface area contributed by atoms with Gasteiger partial charge in [-0.25, -0.2) is 4.79 Å². The van der Waals surface area contributed by atoms with Gasteiger partial charge in [0.2, 0.25) is 5.91 Å². The second kappa shape index (κ2) is 7.59. The standard InChI is InChI=1S/C24H27N3O3/c1-15(2)16-8-11-20(12-9-16)25-21(28)14-27-22(29)24(3,26-23(27)30)19-10-7-17-5-4-6-18(17)13-19/h7-13,15H,4-6,14H2,1-3H3,(H,25,28)(H,26,30)/t24-/m1/s1. The number of hydrogen-bond acceptors (Lipinski definition) is 3. The molecule has 30 heavy (non-hydrogen) atoms. The summed E-state index contributed by atoms with van der Waals surface area (Å²) in [6, 6.07) is 13.0. The van der Waals surface area contributed by atoms with Crippen LogP contribution in [0, 0.1) is 0 Å². The minimum Gasteiger partial charge on any atom is -0.325 e. The smallest absolute Gasteiger partial charge is 0.325 e. The highest BCUT2D eigenvalue weighted by atomic mass is 16.2. The zero-order valence-corrected chi connectivity index (χ0v) is 17.6. The summed E-state index contributed by atoms with van der Waals surface area (Å²) in [6.07, 6.45) is 3.15. The Balaban J connectivity index is 1.46. The minimum absolute atomic E-state index is 0.322. The number of benzene rings is 2. The van der Waals surface area contributed by atoms with Crippen molar-refractivity contribution in [1.82, 2.24) is 10.2 Å². The first-order valence-electron chi connectivity index (χ1n) is 10.4. The van der Waals surface area contributed by atoms with Gasteiger partial charge >= 0.3 is 6.03 Å². The Kier molecular flexibility index (Phi) is 5.10. The molecule has 2 aliphatic rings. The minimum atomic E-state index is -1.16. The highest BCUT2D eigenvalue weighted by Crippen LogP contribution is 2.32. The van der Waals surface area contributed by atoms with E-state index in [1.807, 2.05) is 42.5 Å². The Labute approximate surface area is 176 Å². The van der Waals surface area contributed by atoms with E-state index in [1.54, 1.807) is 6.92 Å². The lowest BCUT2D eigenvalue weighted by Crippen LogP contribution is -2.42. The van der Waals surface area contributed by atoms with E-state index < -0.39 is 23.4 Å². The summed E-state index contributed by atoms with van der Waals surface area (Å²) in [7, 11) is 0. The molecular formula is C24H27N3O3. The molecule has 2 aromatic carbocycles. The van der Waals surface area contributed by atoms with Crippen molar-refractivity contribution in [2.45, 2.75) is 51.5 Å². The molecule has 0 aromatic heterocycles. The van der Waals surface area contributed by atoms with Gasteiger partial charge in [-0.3, -0.25) is 14.5 Å². The summed E-state index contributed by atoms with van der Waals surface area (Å²) >= 11 is 0. The van der Waals surface area contributed by atoms with Gasteiger partial charge in [0.1, 0.15) is 12.1 Å². The number of amides is 4. The number of nitrogens with one attached hydrogen (secondary N) is 2. The van der Waals surface area contributed by atoms with Crippen molar-refractivity contribution in [2.75, 3.05) is 11.9 Å². The zero-order valence-electron chi connectivity index (χ0n) is 17.6. The van der Waals surface area contributed by atoms with Crippen LogP contribution in [0.15, 0.2) is 42.5 Å². The monoisotopic (exact) mass is 405 g/mol. The summed E-state index contributed by atoms with van der Waals surface area (Å²) in [6.45, 7) is 5.58. The number of imide groups is 1. The number of nitrogens with zero attached hydrogens (tertiary/aromatic N) is 1. The Morgan fingerprint density at radius 2 is 1.80 bits per heavy atom. The summed E-state index contributed by atoms with van der Waals surface area (Å²) in [4.78, 5) is 39.1. The number of urea groups is 1. The Morgan fingerprint density at radius 3 is 2.50 bits per heavy atom. The maximum absolute atomic E-state index is 13.1. The quantitative estimate of drug-likeness (QED) is 0.745. The van der Waals surface area contributed by atoms with Crippen molar-refractivity contribution in [1.29, 1.82) is 0 Å². The Bertz CT molecular complexity index is 1010. The van der Waals surface area contributed by atoms with Crippen LogP contribution in [-0.4, -0.2) is 29.3 Å². The SMILES string of the molecule is CC(C)c1ccc(NC(=O)CN2C(=O)N[C@](C)(c3ccc4c(c3)CCC4)C2=O)cc1. The van der Waals surface area contributed by atoms with E-state index in [1.165, 1.54) is 16.7 Å². The van der Waals surface area contributed by atoms with Gasteiger partial charge in [-0.2, -0.15) is 0 Å². The molecule has 156 valence electrons. The Morgan fingerprint density at radius 1 is 1.10 bits per heavy atom. The van der Waals surface area contributed by atoms with Crippen LogP contribution in [0.5, 0.6) is 0 Å². The van der Waals surface area contributed by atoms with Crippen molar-refractivity contribution in [3.05, 3.63) is 64.7 Å². The fraction of sp³-hybridized carbons (Fsp3) is 0.375. The maximum Gasteiger partial charge on any atom is 0.325 e. The summed E-state index contributed by atoms with van der Waals surface area (Å²) in [5.74, 6) is -0.415. The molecule has 4 amide bonds. The highest BCUT2D eigenvalue weighted by molar-refractivity contribution is 6.10. The van der Waals surface area contributed by atoms with E-state index in [0.717, 1.165) is 29.7 Å².